The van der Waals surface area contributed by atoms with E-state index in [9.17, 15) is 18.8 Å². The predicted octanol–water partition coefficient (Wildman–Crippen LogP) is 1.53. The summed E-state index contributed by atoms with van der Waals surface area (Å²) in [4.78, 5) is 38.4. The highest BCUT2D eigenvalue weighted by Gasteiger charge is 2.28. The molecule has 130 valence electrons. The van der Waals surface area contributed by atoms with Crippen molar-refractivity contribution in [3.63, 3.8) is 0 Å². The van der Waals surface area contributed by atoms with Crippen molar-refractivity contribution >= 4 is 17.8 Å². The Morgan fingerprint density at radius 1 is 1.29 bits per heavy atom. The van der Waals surface area contributed by atoms with E-state index in [2.05, 4.69) is 0 Å². The molecule has 0 saturated carbocycles. The minimum atomic E-state index is -0.832. The molecule has 0 aliphatic carbocycles. The highest BCUT2D eigenvalue weighted by atomic mass is 19.1. The molecule has 0 bridgehead atoms. The summed E-state index contributed by atoms with van der Waals surface area (Å²) < 4.78 is 13.3. The molecule has 6 nitrogen and oxygen atoms in total. The number of hydrogen-bond acceptors (Lipinski definition) is 3. The molecule has 0 unspecified atom stereocenters. The van der Waals surface area contributed by atoms with E-state index in [1.165, 1.54) is 30.1 Å². The van der Waals surface area contributed by atoms with Crippen LogP contribution < -0.4 is 0 Å². The molecule has 1 fully saturated rings. The Bertz CT molecular complexity index is 654. The number of carboxylic acids is 1. The highest BCUT2D eigenvalue weighted by molar-refractivity contribution is 5.96. The number of amides is 2. The van der Waals surface area contributed by atoms with E-state index >= 15 is 0 Å². The second-order valence-electron chi connectivity index (χ2n) is 6.12. The van der Waals surface area contributed by atoms with E-state index < -0.39 is 11.9 Å². The zero-order valence-corrected chi connectivity index (χ0v) is 13.8. The Morgan fingerprint density at radius 2 is 1.92 bits per heavy atom. The van der Waals surface area contributed by atoms with E-state index in [0.29, 0.717) is 37.1 Å². The molecule has 2 rings (SSSR count). The van der Waals surface area contributed by atoms with Gasteiger partial charge in [0.05, 0.1) is 12.5 Å². The van der Waals surface area contributed by atoms with Crippen LogP contribution in [-0.4, -0.2) is 59.4 Å². The Kier molecular flexibility index (Phi) is 5.54. The predicted molar refractivity (Wildman–Crippen MR) is 85.0 cm³/mol. The van der Waals surface area contributed by atoms with Crippen molar-refractivity contribution in [3.05, 3.63) is 35.1 Å². The SMILES string of the molecule is Cc1cc(C(=O)N(C)CC(=O)N2CCC(C(=O)O)CC2)ccc1F. The smallest absolute Gasteiger partial charge is 0.306 e. The first-order valence-corrected chi connectivity index (χ1v) is 7.81. The third-order valence-corrected chi connectivity index (χ3v) is 4.32. The number of carbonyl (C=O) groups is 3. The number of piperidine rings is 1. The summed E-state index contributed by atoms with van der Waals surface area (Å²) in [7, 11) is 1.52. The van der Waals surface area contributed by atoms with Gasteiger partial charge >= 0.3 is 5.97 Å². The second-order valence-corrected chi connectivity index (χ2v) is 6.12. The zero-order valence-electron chi connectivity index (χ0n) is 13.8. The molecule has 1 aliphatic rings. The molecule has 0 aromatic heterocycles. The van der Waals surface area contributed by atoms with Gasteiger partial charge in [0.25, 0.3) is 5.91 Å². The molecule has 1 heterocycles. The fourth-order valence-corrected chi connectivity index (χ4v) is 2.75. The van der Waals surface area contributed by atoms with E-state index in [4.69, 9.17) is 5.11 Å². The summed E-state index contributed by atoms with van der Waals surface area (Å²) in [6.07, 6.45) is 0.853. The van der Waals surface area contributed by atoms with Gasteiger partial charge in [-0.05, 0) is 43.5 Å². The summed E-state index contributed by atoms with van der Waals surface area (Å²) in [6, 6.07) is 4.08. The Balaban J connectivity index is 1.92. The first kappa shape index (κ1) is 17.9. The molecule has 2 amide bonds. The molecule has 1 N–H and O–H groups in total. The summed E-state index contributed by atoms with van der Waals surface area (Å²) in [5.74, 6) is -2.19. The molecule has 1 aromatic rings. The van der Waals surface area contributed by atoms with E-state index in [-0.39, 0.29) is 24.2 Å². The number of carbonyl (C=O) groups excluding carboxylic acids is 2. The minimum Gasteiger partial charge on any atom is -0.481 e. The van der Waals surface area contributed by atoms with Crippen LogP contribution in [0.25, 0.3) is 0 Å². The monoisotopic (exact) mass is 336 g/mol. The van der Waals surface area contributed by atoms with Gasteiger partial charge in [-0.2, -0.15) is 0 Å². The lowest BCUT2D eigenvalue weighted by atomic mass is 9.97. The van der Waals surface area contributed by atoms with Gasteiger partial charge in [0.2, 0.25) is 5.91 Å². The maximum Gasteiger partial charge on any atom is 0.306 e. The Hall–Kier alpha value is -2.44. The van der Waals surface area contributed by atoms with Crippen molar-refractivity contribution in [2.45, 2.75) is 19.8 Å². The molecule has 0 spiro atoms. The quantitative estimate of drug-likeness (QED) is 0.904. The van der Waals surface area contributed by atoms with Gasteiger partial charge in [-0.3, -0.25) is 14.4 Å². The van der Waals surface area contributed by atoms with Crippen molar-refractivity contribution in [2.75, 3.05) is 26.7 Å². The van der Waals surface area contributed by atoms with Gasteiger partial charge in [0.1, 0.15) is 5.82 Å². The van der Waals surface area contributed by atoms with Crippen molar-refractivity contribution in [1.82, 2.24) is 9.80 Å². The van der Waals surface area contributed by atoms with E-state index in [1.54, 1.807) is 11.8 Å². The lowest BCUT2D eigenvalue weighted by Crippen LogP contribution is -2.45. The number of likely N-dealkylation sites (tertiary alicyclic amines) is 1. The fraction of sp³-hybridized carbons (Fsp3) is 0.471. The molecule has 7 heteroatoms. The lowest BCUT2D eigenvalue weighted by Gasteiger charge is -2.31. The number of carboxylic acid groups (broad SMARTS) is 1. The maximum atomic E-state index is 13.3. The molecule has 0 atom stereocenters. The number of nitrogens with zero attached hydrogens (tertiary/aromatic N) is 2. The number of benzene rings is 1. The lowest BCUT2D eigenvalue weighted by molar-refractivity contribution is -0.145. The number of aryl methyl sites for hydroxylation is 1. The van der Waals surface area contributed by atoms with Gasteiger partial charge in [-0.1, -0.05) is 0 Å². The Labute approximate surface area is 139 Å². The number of halogens is 1. The summed E-state index contributed by atoms with van der Waals surface area (Å²) in [6.45, 7) is 2.25. The Morgan fingerprint density at radius 3 is 2.46 bits per heavy atom. The van der Waals surface area contributed by atoms with Crippen molar-refractivity contribution < 1.29 is 23.9 Å². The second kappa shape index (κ2) is 7.42. The zero-order chi connectivity index (χ0) is 17.9. The maximum absolute atomic E-state index is 13.3. The third kappa shape index (κ3) is 4.10. The van der Waals surface area contributed by atoms with Crippen molar-refractivity contribution in [1.29, 1.82) is 0 Å². The molecule has 24 heavy (non-hydrogen) atoms. The highest BCUT2D eigenvalue weighted by Crippen LogP contribution is 2.18. The minimum absolute atomic E-state index is 0.0903. The standard InChI is InChI=1S/C17H21FN2O4/c1-11-9-13(3-4-14(11)18)16(22)19(2)10-15(21)20-7-5-12(6-8-20)17(23)24/h3-4,9,12H,5-8,10H2,1-2H3,(H,23,24). The van der Waals surface area contributed by atoms with E-state index in [1.807, 2.05) is 0 Å². The van der Waals surface area contributed by atoms with Crippen molar-refractivity contribution in [2.24, 2.45) is 5.92 Å². The van der Waals surface area contributed by atoms with Gasteiger partial charge < -0.3 is 14.9 Å². The topological polar surface area (TPSA) is 77.9 Å². The van der Waals surface area contributed by atoms with Crippen LogP contribution in [-0.2, 0) is 9.59 Å². The van der Waals surface area contributed by atoms with Gasteiger partial charge in [-0.15, -0.1) is 0 Å². The van der Waals surface area contributed by atoms with Crippen LogP contribution in [0, 0.1) is 18.7 Å². The van der Waals surface area contributed by atoms with Crippen LogP contribution in [0.2, 0.25) is 0 Å². The van der Waals surface area contributed by atoms with Gasteiger partial charge in [0, 0.05) is 25.7 Å². The number of likely N-dealkylation sites (N-methyl/N-ethyl adjacent to an activating group) is 1. The molecular weight excluding hydrogens is 315 g/mol. The third-order valence-electron chi connectivity index (χ3n) is 4.32. The molecular formula is C17H21FN2O4. The molecule has 0 radical (unpaired) electrons. The molecule has 1 saturated heterocycles. The first-order chi connectivity index (χ1) is 11.3. The summed E-state index contributed by atoms with van der Waals surface area (Å²) in [5, 5.41) is 8.97. The van der Waals surface area contributed by atoms with Crippen LogP contribution >= 0.6 is 0 Å². The van der Waals surface area contributed by atoms with Gasteiger partial charge in [-0.25, -0.2) is 4.39 Å². The van der Waals surface area contributed by atoms with Gasteiger partial charge in [0.15, 0.2) is 0 Å². The normalized spacial score (nSPS) is 15.2. The van der Waals surface area contributed by atoms with Crippen molar-refractivity contribution in [3.8, 4) is 0 Å². The number of rotatable bonds is 4. The van der Waals surface area contributed by atoms with Crippen LogP contribution in [0.5, 0.6) is 0 Å². The average molecular weight is 336 g/mol. The van der Waals surface area contributed by atoms with Crippen LogP contribution in [0.3, 0.4) is 0 Å². The van der Waals surface area contributed by atoms with Crippen LogP contribution in [0.15, 0.2) is 18.2 Å². The average Bonchev–Trinajstić information content (AvgIpc) is 2.56. The summed E-state index contributed by atoms with van der Waals surface area (Å²) in [5.41, 5.74) is 0.699. The largest absolute Gasteiger partial charge is 0.481 e. The fourth-order valence-electron chi connectivity index (χ4n) is 2.75. The number of hydrogen-bond donors (Lipinski definition) is 1. The van der Waals surface area contributed by atoms with Crippen LogP contribution in [0.4, 0.5) is 4.39 Å². The number of aliphatic carboxylic acids is 1. The van der Waals surface area contributed by atoms with Crippen LogP contribution in [0.1, 0.15) is 28.8 Å². The van der Waals surface area contributed by atoms with E-state index in [0.717, 1.165) is 0 Å². The molecule has 1 aliphatic heterocycles. The summed E-state index contributed by atoms with van der Waals surface area (Å²) >= 11 is 0. The first-order valence-electron chi connectivity index (χ1n) is 7.81. The molecule has 1 aromatic carbocycles.